The van der Waals surface area contributed by atoms with E-state index in [0.29, 0.717) is 24.3 Å². The Kier molecular flexibility index (Phi) is 5.41. The van der Waals surface area contributed by atoms with Gasteiger partial charge in [0.15, 0.2) is 0 Å². The number of carbonyl (C=O) groups excluding carboxylic acids is 1. The third kappa shape index (κ3) is 3.72. The second-order valence-corrected chi connectivity index (χ2v) is 7.57. The van der Waals surface area contributed by atoms with Crippen molar-refractivity contribution in [1.29, 1.82) is 0 Å². The molecule has 0 amide bonds. The highest BCUT2D eigenvalue weighted by molar-refractivity contribution is 6.20. The first-order chi connectivity index (χ1) is 10.7. The van der Waals surface area contributed by atoms with E-state index in [1.807, 2.05) is 6.20 Å². The minimum atomic E-state index is -1.19. The zero-order chi connectivity index (χ0) is 17.4. The van der Waals surface area contributed by atoms with Gasteiger partial charge in [-0.05, 0) is 39.7 Å². The van der Waals surface area contributed by atoms with Gasteiger partial charge in [-0.1, -0.05) is 6.58 Å². The fourth-order valence-electron chi connectivity index (χ4n) is 3.29. The van der Waals surface area contributed by atoms with E-state index in [2.05, 4.69) is 37.6 Å². The zero-order valence-electron chi connectivity index (χ0n) is 14.2. The van der Waals surface area contributed by atoms with Crippen LogP contribution in [0.3, 0.4) is 0 Å². The van der Waals surface area contributed by atoms with Gasteiger partial charge in [0.2, 0.25) is 0 Å². The second-order valence-electron chi connectivity index (χ2n) is 7.10. The van der Waals surface area contributed by atoms with Crippen LogP contribution in [0.5, 0.6) is 0 Å². The molecular formula is C17H26ClFN2O2. The third-order valence-electron chi connectivity index (χ3n) is 4.47. The van der Waals surface area contributed by atoms with Crippen LogP contribution >= 0.6 is 11.6 Å². The number of rotatable bonds is 2. The van der Waals surface area contributed by atoms with E-state index in [9.17, 15) is 9.18 Å². The van der Waals surface area contributed by atoms with E-state index in [4.69, 9.17) is 16.3 Å². The molecule has 4 atom stereocenters. The molecule has 1 saturated heterocycles. The summed E-state index contributed by atoms with van der Waals surface area (Å²) in [7, 11) is 0. The molecule has 2 aliphatic rings. The third-order valence-corrected chi connectivity index (χ3v) is 4.90. The van der Waals surface area contributed by atoms with E-state index in [-0.39, 0.29) is 23.9 Å². The van der Waals surface area contributed by atoms with Crippen molar-refractivity contribution < 1.29 is 13.9 Å². The van der Waals surface area contributed by atoms with Gasteiger partial charge in [-0.15, -0.1) is 11.6 Å². The van der Waals surface area contributed by atoms with E-state index < -0.39 is 17.6 Å². The molecule has 0 radical (unpaired) electrons. The van der Waals surface area contributed by atoms with Crippen LogP contribution in [-0.2, 0) is 9.53 Å². The molecule has 0 aromatic heterocycles. The van der Waals surface area contributed by atoms with E-state index in [1.54, 1.807) is 6.92 Å². The van der Waals surface area contributed by atoms with Crippen LogP contribution in [0.25, 0.3) is 0 Å². The van der Waals surface area contributed by atoms with Crippen molar-refractivity contribution in [1.82, 2.24) is 10.2 Å². The lowest BCUT2D eigenvalue weighted by atomic mass is 9.79. The Bertz CT molecular complexity index is 515. The van der Waals surface area contributed by atoms with Crippen LogP contribution in [0, 0.1) is 5.92 Å². The summed E-state index contributed by atoms with van der Waals surface area (Å²) in [4.78, 5) is 14.4. The molecule has 0 spiro atoms. The summed E-state index contributed by atoms with van der Waals surface area (Å²) in [5.41, 5.74) is 0.134. The number of nitrogens with one attached hydrogen (secondary N) is 1. The van der Waals surface area contributed by atoms with Gasteiger partial charge in [0.25, 0.3) is 0 Å². The van der Waals surface area contributed by atoms with E-state index in [0.717, 1.165) is 0 Å². The SMILES string of the molecule is C=C1C(C(=O)OCC)=CN(C(C)(C)C)C2CNC(Cl)C(F)CC12. The van der Waals surface area contributed by atoms with Crippen molar-refractivity contribution in [3.63, 3.8) is 0 Å². The number of halogens is 2. The lowest BCUT2D eigenvalue weighted by molar-refractivity contribution is -0.138. The number of nitrogens with zero attached hydrogens (tertiary/aromatic N) is 1. The maximum absolute atomic E-state index is 14.3. The summed E-state index contributed by atoms with van der Waals surface area (Å²) >= 11 is 6.05. The number of ether oxygens (including phenoxy) is 1. The molecule has 0 saturated carbocycles. The summed E-state index contributed by atoms with van der Waals surface area (Å²) in [6.45, 7) is 12.9. The zero-order valence-corrected chi connectivity index (χ0v) is 15.0. The lowest BCUT2D eigenvalue weighted by Crippen LogP contribution is -2.54. The summed E-state index contributed by atoms with van der Waals surface area (Å²) in [5.74, 6) is -0.579. The van der Waals surface area contributed by atoms with Gasteiger partial charge < -0.3 is 9.64 Å². The van der Waals surface area contributed by atoms with Crippen LogP contribution in [0.15, 0.2) is 23.9 Å². The highest BCUT2D eigenvalue weighted by Crippen LogP contribution is 2.40. The molecule has 0 aliphatic carbocycles. The Balaban J connectivity index is 2.43. The Morgan fingerprint density at radius 1 is 1.57 bits per heavy atom. The van der Waals surface area contributed by atoms with Crippen molar-refractivity contribution in [2.24, 2.45) is 5.92 Å². The largest absolute Gasteiger partial charge is 0.462 e. The monoisotopic (exact) mass is 344 g/mol. The maximum atomic E-state index is 14.3. The fraction of sp³-hybridized carbons (Fsp3) is 0.706. The molecule has 1 N–H and O–H groups in total. The first-order valence-electron chi connectivity index (χ1n) is 8.05. The second kappa shape index (κ2) is 6.81. The van der Waals surface area contributed by atoms with Gasteiger partial charge in [0, 0.05) is 30.2 Å². The molecule has 4 nitrogen and oxygen atoms in total. The number of esters is 1. The van der Waals surface area contributed by atoms with Gasteiger partial charge in [-0.3, -0.25) is 5.32 Å². The fourth-order valence-corrected chi connectivity index (χ4v) is 3.48. The van der Waals surface area contributed by atoms with Crippen molar-refractivity contribution in [3.8, 4) is 0 Å². The molecule has 23 heavy (non-hydrogen) atoms. The number of fused-ring (bicyclic) bond motifs is 1. The summed E-state index contributed by atoms with van der Waals surface area (Å²) < 4.78 is 19.4. The number of alkyl halides is 2. The molecule has 2 rings (SSSR count). The van der Waals surface area contributed by atoms with Crippen molar-refractivity contribution in [2.45, 2.75) is 57.4 Å². The minimum absolute atomic E-state index is 0.00248. The first kappa shape index (κ1) is 18.3. The van der Waals surface area contributed by atoms with Crippen LogP contribution in [0.4, 0.5) is 4.39 Å². The lowest BCUT2D eigenvalue weighted by Gasteiger charge is -2.48. The smallest absolute Gasteiger partial charge is 0.339 e. The molecule has 1 fully saturated rings. The average molecular weight is 345 g/mol. The van der Waals surface area contributed by atoms with E-state index in [1.165, 1.54) is 0 Å². The molecule has 2 aliphatic heterocycles. The van der Waals surface area contributed by atoms with Crippen LogP contribution in [0.2, 0.25) is 0 Å². The molecule has 4 unspecified atom stereocenters. The van der Waals surface area contributed by atoms with Gasteiger partial charge in [0.05, 0.1) is 12.2 Å². The average Bonchev–Trinajstić information content (AvgIpc) is 2.59. The Morgan fingerprint density at radius 3 is 2.78 bits per heavy atom. The molecule has 0 aromatic carbocycles. The molecule has 2 heterocycles. The first-order valence-corrected chi connectivity index (χ1v) is 8.48. The van der Waals surface area contributed by atoms with Gasteiger partial charge in [-0.25, -0.2) is 9.18 Å². The number of hydrogen-bond acceptors (Lipinski definition) is 4. The number of hydrogen-bond donors (Lipinski definition) is 1. The van der Waals surface area contributed by atoms with Crippen molar-refractivity contribution >= 4 is 17.6 Å². The Morgan fingerprint density at radius 2 is 2.22 bits per heavy atom. The topological polar surface area (TPSA) is 41.6 Å². The Labute approximate surface area is 142 Å². The van der Waals surface area contributed by atoms with Crippen LogP contribution in [-0.4, -0.2) is 47.3 Å². The van der Waals surface area contributed by atoms with E-state index >= 15 is 0 Å². The quantitative estimate of drug-likeness (QED) is 0.475. The maximum Gasteiger partial charge on any atom is 0.339 e. The Hall–Kier alpha value is -1.07. The molecular weight excluding hydrogens is 319 g/mol. The molecule has 130 valence electrons. The molecule has 6 heteroatoms. The van der Waals surface area contributed by atoms with Crippen molar-refractivity contribution in [3.05, 3.63) is 23.9 Å². The normalized spacial score (nSPS) is 32.0. The van der Waals surface area contributed by atoms with Gasteiger partial charge in [-0.2, -0.15) is 0 Å². The summed E-state index contributed by atoms with van der Waals surface area (Å²) in [6.07, 6.45) is 0.866. The highest BCUT2D eigenvalue weighted by atomic mass is 35.5. The summed E-state index contributed by atoms with van der Waals surface area (Å²) in [5, 5.41) is 3.05. The summed E-state index contributed by atoms with van der Waals surface area (Å²) in [6, 6.07) is 0.00248. The van der Waals surface area contributed by atoms with Crippen molar-refractivity contribution in [2.75, 3.05) is 13.2 Å². The van der Waals surface area contributed by atoms with Crippen LogP contribution in [0.1, 0.15) is 34.1 Å². The van der Waals surface area contributed by atoms with Gasteiger partial charge in [0.1, 0.15) is 11.7 Å². The minimum Gasteiger partial charge on any atom is -0.462 e. The highest BCUT2D eigenvalue weighted by Gasteiger charge is 2.44. The predicted octanol–water partition coefficient (Wildman–Crippen LogP) is 2.98. The number of carbonyl (C=O) groups is 1. The van der Waals surface area contributed by atoms with Crippen LogP contribution < -0.4 is 5.32 Å². The van der Waals surface area contributed by atoms with Gasteiger partial charge >= 0.3 is 5.97 Å². The molecule has 0 aromatic rings. The molecule has 0 bridgehead atoms. The predicted molar refractivity (Wildman–Crippen MR) is 89.9 cm³/mol. The standard InChI is InChI=1S/C17H26ClFN2O2/c1-6-23-16(22)12-9-21(17(3,4)5)14-8-20-15(18)13(19)7-11(14)10(12)2/h9,11,13-15,20H,2,6-8H2,1,3-5H3.